The summed E-state index contributed by atoms with van der Waals surface area (Å²) in [6, 6.07) is 2.86. The van der Waals surface area contributed by atoms with Gasteiger partial charge in [0.15, 0.2) is 0 Å². The summed E-state index contributed by atoms with van der Waals surface area (Å²) in [7, 11) is 0. The molecule has 0 aliphatic carbocycles. The van der Waals surface area contributed by atoms with E-state index >= 15 is 0 Å². The maximum absolute atomic E-state index is 14.1. The van der Waals surface area contributed by atoms with Crippen LogP contribution in [0.3, 0.4) is 0 Å². The second-order valence-electron chi connectivity index (χ2n) is 6.19. The fraction of sp³-hybridized carbons (Fsp3) is 0.389. The van der Waals surface area contributed by atoms with Crippen LogP contribution in [0.5, 0.6) is 0 Å². The van der Waals surface area contributed by atoms with Crippen LogP contribution in [0.25, 0.3) is 11.3 Å². The lowest BCUT2D eigenvalue weighted by Gasteiger charge is -2.15. The molecule has 0 bridgehead atoms. The lowest BCUT2D eigenvalue weighted by atomic mass is 10.1. The number of benzene rings is 1. The molecule has 0 fully saturated rings. The molecule has 0 spiro atoms. The molecule has 1 atom stereocenters. The van der Waals surface area contributed by atoms with Crippen molar-refractivity contribution in [2.24, 2.45) is 5.73 Å². The van der Waals surface area contributed by atoms with E-state index in [1.54, 1.807) is 18.5 Å². The normalized spacial score (nSPS) is 12.1. The Labute approximate surface area is 161 Å². The Morgan fingerprint density at radius 3 is 2.70 bits per heavy atom. The van der Waals surface area contributed by atoms with Crippen molar-refractivity contribution in [3.8, 4) is 11.3 Å². The van der Waals surface area contributed by atoms with Crippen LogP contribution in [-0.2, 0) is 16.1 Å². The van der Waals surface area contributed by atoms with E-state index in [9.17, 15) is 14.0 Å². The van der Waals surface area contributed by atoms with E-state index in [1.807, 2.05) is 6.92 Å². The number of hydrogen-bond donors (Lipinski definition) is 2. The third kappa shape index (κ3) is 5.27. The number of nitrogens with one attached hydrogen (secondary N) is 1. The summed E-state index contributed by atoms with van der Waals surface area (Å²) < 4.78 is 20.7. The summed E-state index contributed by atoms with van der Waals surface area (Å²) in [5.41, 5.74) is 6.71. The predicted molar refractivity (Wildman–Crippen MR) is 99.8 cm³/mol. The van der Waals surface area contributed by atoms with Gasteiger partial charge in [-0.15, -0.1) is 0 Å². The molecule has 0 aliphatic rings. The Kier molecular flexibility index (Phi) is 6.92. The molecule has 7 nitrogen and oxygen atoms in total. The number of carbonyl (C=O) groups is 2. The van der Waals surface area contributed by atoms with E-state index in [1.165, 1.54) is 18.3 Å². The topological polar surface area (TPSA) is 99.2 Å². The van der Waals surface area contributed by atoms with E-state index in [2.05, 4.69) is 10.4 Å². The van der Waals surface area contributed by atoms with Gasteiger partial charge in [-0.25, -0.2) is 4.39 Å². The molecule has 9 heteroatoms. The number of nitrogens with zero attached hydrogens (tertiary/aromatic N) is 2. The number of hydrogen-bond acceptors (Lipinski definition) is 5. The number of halogens is 2. The molecule has 1 aromatic heterocycles. The molecule has 1 amide bonds. The number of rotatable bonds is 7. The van der Waals surface area contributed by atoms with Crippen LogP contribution in [0.1, 0.15) is 31.1 Å². The largest absolute Gasteiger partial charge is 0.462 e. The summed E-state index contributed by atoms with van der Waals surface area (Å²) in [4.78, 5) is 24.1. The molecule has 3 N–H and O–H groups in total. The highest BCUT2D eigenvalue weighted by Gasteiger charge is 2.19. The molecule has 0 saturated heterocycles. The molecule has 2 aromatic rings. The molecular weight excluding hydrogens is 375 g/mol. The van der Waals surface area contributed by atoms with Crippen LogP contribution in [0.2, 0.25) is 5.02 Å². The standard InChI is InChI=1S/C18H22ClFN4O3/c1-4-24-16(14(19)8-23-24)11-5-12(7-13(20)6-11)17(25)22-9-15(21)18(26)27-10(2)3/h5-8,10,15H,4,9,21H2,1-3H3,(H,22,25). The van der Waals surface area contributed by atoms with Crippen LogP contribution >= 0.6 is 11.6 Å². The van der Waals surface area contributed by atoms with Crippen LogP contribution < -0.4 is 11.1 Å². The van der Waals surface area contributed by atoms with Gasteiger partial charge in [-0.1, -0.05) is 11.6 Å². The first kappa shape index (κ1) is 20.9. The van der Waals surface area contributed by atoms with Crippen molar-refractivity contribution < 1.29 is 18.7 Å². The Bertz CT molecular complexity index is 838. The van der Waals surface area contributed by atoms with Crippen LogP contribution in [0.15, 0.2) is 24.4 Å². The number of aryl methyl sites for hydroxylation is 1. The number of aromatic nitrogens is 2. The zero-order valence-electron chi connectivity index (χ0n) is 15.3. The fourth-order valence-electron chi connectivity index (χ4n) is 2.45. The van der Waals surface area contributed by atoms with Gasteiger partial charge in [-0.2, -0.15) is 5.10 Å². The molecule has 0 saturated carbocycles. The Morgan fingerprint density at radius 1 is 1.37 bits per heavy atom. The molecule has 0 aliphatic heterocycles. The van der Waals surface area contributed by atoms with Crippen molar-refractivity contribution in [1.82, 2.24) is 15.1 Å². The molecule has 1 heterocycles. The van der Waals surface area contributed by atoms with Gasteiger partial charge in [0.2, 0.25) is 0 Å². The zero-order valence-corrected chi connectivity index (χ0v) is 16.1. The molecule has 2 rings (SSSR count). The smallest absolute Gasteiger partial charge is 0.325 e. The van der Waals surface area contributed by atoms with E-state index < -0.39 is 23.7 Å². The fourth-order valence-corrected chi connectivity index (χ4v) is 2.70. The minimum atomic E-state index is -1.01. The third-order valence-electron chi connectivity index (χ3n) is 3.66. The Morgan fingerprint density at radius 2 is 2.07 bits per heavy atom. The SMILES string of the molecule is CCn1ncc(Cl)c1-c1cc(F)cc(C(=O)NCC(N)C(=O)OC(C)C)c1. The van der Waals surface area contributed by atoms with Gasteiger partial charge in [0.25, 0.3) is 5.91 Å². The van der Waals surface area contributed by atoms with Gasteiger partial charge in [-0.3, -0.25) is 14.3 Å². The van der Waals surface area contributed by atoms with E-state index in [0.29, 0.717) is 22.8 Å². The molecular formula is C18H22ClFN4O3. The minimum absolute atomic E-state index is 0.0781. The highest BCUT2D eigenvalue weighted by molar-refractivity contribution is 6.33. The quantitative estimate of drug-likeness (QED) is 0.700. The van der Waals surface area contributed by atoms with Gasteiger partial charge < -0.3 is 15.8 Å². The summed E-state index contributed by atoms with van der Waals surface area (Å²) in [5, 5.41) is 6.97. The number of amides is 1. The summed E-state index contributed by atoms with van der Waals surface area (Å²) in [6.07, 6.45) is 1.16. The van der Waals surface area contributed by atoms with Gasteiger partial charge in [-0.05, 0) is 39.0 Å². The van der Waals surface area contributed by atoms with Crippen molar-refractivity contribution in [2.75, 3.05) is 6.54 Å². The molecule has 27 heavy (non-hydrogen) atoms. The average molecular weight is 397 g/mol. The van der Waals surface area contributed by atoms with Gasteiger partial charge in [0, 0.05) is 24.2 Å². The number of ether oxygens (including phenoxy) is 1. The lowest BCUT2D eigenvalue weighted by molar-refractivity contribution is -0.148. The van der Waals surface area contributed by atoms with Crippen LogP contribution in [-0.4, -0.2) is 40.3 Å². The second kappa shape index (κ2) is 8.96. The second-order valence-corrected chi connectivity index (χ2v) is 6.59. The first-order chi connectivity index (χ1) is 12.7. The summed E-state index contributed by atoms with van der Waals surface area (Å²) in [6.45, 7) is 5.67. The van der Waals surface area contributed by atoms with E-state index in [0.717, 1.165) is 6.07 Å². The number of carbonyl (C=O) groups excluding carboxylic acids is 2. The summed E-state index contributed by atoms with van der Waals surface area (Å²) >= 11 is 6.15. The monoisotopic (exact) mass is 396 g/mol. The van der Waals surface area contributed by atoms with E-state index in [-0.39, 0.29) is 18.2 Å². The maximum atomic E-state index is 14.1. The number of nitrogens with two attached hydrogens (primary N) is 1. The number of esters is 1. The Hall–Kier alpha value is -2.45. The lowest BCUT2D eigenvalue weighted by Crippen LogP contribution is -2.44. The molecule has 1 aromatic carbocycles. The van der Waals surface area contributed by atoms with Crippen LogP contribution in [0, 0.1) is 5.82 Å². The highest BCUT2D eigenvalue weighted by Crippen LogP contribution is 2.29. The van der Waals surface area contributed by atoms with E-state index in [4.69, 9.17) is 22.1 Å². The molecule has 0 radical (unpaired) electrons. The first-order valence-corrected chi connectivity index (χ1v) is 8.87. The van der Waals surface area contributed by atoms with Gasteiger partial charge >= 0.3 is 5.97 Å². The van der Waals surface area contributed by atoms with Crippen molar-refractivity contribution in [3.05, 3.63) is 40.8 Å². The molecule has 146 valence electrons. The zero-order chi connectivity index (χ0) is 20.1. The van der Waals surface area contributed by atoms with Crippen molar-refractivity contribution >= 4 is 23.5 Å². The third-order valence-corrected chi connectivity index (χ3v) is 3.94. The maximum Gasteiger partial charge on any atom is 0.325 e. The average Bonchev–Trinajstić information content (AvgIpc) is 2.98. The van der Waals surface area contributed by atoms with Crippen molar-refractivity contribution in [3.63, 3.8) is 0 Å². The molecule has 1 unspecified atom stereocenters. The first-order valence-electron chi connectivity index (χ1n) is 8.49. The van der Waals surface area contributed by atoms with Gasteiger partial charge in [0.05, 0.1) is 23.0 Å². The van der Waals surface area contributed by atoms with Crippen LogP contribution in [0.4, 0.5) is 4.39 Å². The van der Waals surface area contributed by atoms with Crippen molar-refractivity contribution in [2.45, 2.75) is 39.5 Å². The minimum Gasteiger partial charge on any atom is -0.462 e. The predicted octanol–water partition coefficient (Wildman–Crippen LogP) is 2.37. The highest BCUT2D eigenvalue weighted by atomic mass is 35.5. The van der Waals surface area contributed by atoms with Gasteiger partial charge in [0.1, 0.15) is 11.9 Å². The summed E-state index contributed by atoms with van der Waals surface area (Å²) in [5.74, 6) is -1.79. The van der Waals surface area contributed by atoms with Crippen molar-refractivity contribution in [1.29, 1.82) is 0 Å². The Balaban J connectivity index is 2.17.